The van der Waals surface area contributed by atoms with Crippen LogP contribution in [-0.2, 0) is 0 Å². The van der Waals surface area contributed by atoms with Gasteiger partial charge in [-0.3, -0.25) is 9.89 Å². The maximum absolute atomic E-state index is 11.7. The highest BCUT2D eigenvalue weighted by molar-refractivity contribution is 6.30. The molecule has 0 aliphatic carbocycles. The lowest BCUT2D eigenvalue weighted by molar-refractivity contribution is 1.07. The lowest BCUT2D eigenvalue weighted by Crippen LogP contribution is -2.08. The van der Waals surface area contributed by atoms with Gasteiger partial charge in [-0.05, 0) is 23.8 Å². The number of benzene rings is 1. The van der Waals surface area contributed by atoms with Crippen LogP contribution < -0.4 is 5.56 Å². The second-order valence-corrected chi connectivity index (χ2v) is 4.41. The molecule has 0 saturated heterocycles. The second kappa shape index (κ2) is 4.70. The van der Waals surface area contributed by atoms with E-state index in [1.807, 2.05) is 24.3 Å². The van der Waals surface area contributed by atoms with Crippen molar-refractivity contribution in [2.75, 3.05) is 0 Å². The van der Waals surface area contributed by atoms with Crippen molar-refractivity contribution in [2.45, 2.75) is 0 Å². The van der Waals surface area contributed by atoms with Crippen molar-refractivity contribution < 1.29 is 0 Å². The van der Waals surface area contributed by atoms with E-state index in [1.54, 1.807) is 12.1 Å². The Labute approximate surface area is 113 Å². The summed E-state index contributed by atoms with van der Waals surface area (Å²) in [4.78, 5) is 18.6. The number of hydrogen-bond donors (Lipinski definition) is 2. The van der Waals surface area contributed by atoms with Gasteiger partial charge in [0.1, 0.15) is 11.2 Å². The summed E-state index contributed by atoms with van der Waals surface area (Å²) < 4.78 is 0. The van der Waals surface area contributed by atoms with Gasteiger partial charge in [-0.2, -0.15) is 5.10 Å². The molecule has 94 valence electrons. The predicted molar refractivity (Wildman–Crippen MR) is 74.9 cm³/mol. The highest BCUT2D eigenvalue weighted by Crippen LogP contribution is 2.13. The lowest BCUT2D eigenvalue weighted by atomic mass is 10.2. The number of rotatable bonds is 2. The van der Waals surface area contributed by atoms with Crippen LogP contribution in [0.15, 0.2) is 35.3 Å². The molecule has 19 heavy (non-hydrogen) atoms. The van der Waals surface area contributed by atoms with Crippen LogP contribution in [-0.4, -0.2) is 20.2 Å². The third-order valence-corrected chi connectivity index (χ3v) is 2.86. The minimum absolute atomic E-state index is 0.218. The average Bonchev–Trinajstić information content (AvgIpc) is 2.85. The number of aromatic amines is 2. The Morgan fingerprint density at radius 1 is 1.26 bits per heavy atom. The third kappa shape index (κ3) is 2.41. The van der Waals surface area contributed by atoms with Gasteiger partial charge in [0.25, 0.3) is 5.56 Å². The molecule has 0 amide bonds. The summed E-state index contributed by atoms with van der Waals surface area (Å²) in [7, 11) is 0. The zero-order valence-electron chi connectivity index (χ0n) is 9.72. The summed E-state index contributed by atoms with van der Waals surface area (Å²) in [6.45, 7) is 0. The summed E-state index contributed by atoms with van der Waals surface area (Å²) in [5.74, 6) is 0.460. The highest BCUT2D eigenvalue weighted by Gasteiger charge is 2.02. The fourth-order valence-corrected chi connectivity index (χ4v) is 1.93. The van der Waals surface area contributed by atoms with E-state index in [4.69, 9.17) is 11.6 Å². The molecule has 3 rings (SSSR count). The number of nitrogens with one attached hydrogen (secondary N) is 2. The number of fused-ring (bicyclic) bond motifs is 1. The standard InChI is InChI=1S/C13H9ClN4O/c14-9-3-1-2-8(6-9)4-5-11-16-12-10(7-15-18-12)13(19)17-11/h1-7H,(H2,15,16,17,18,19). The largest absolute Gasteiger partial charge is 0.306 e. The molecule has 6 heteroatoms. The number of hydrogen-bond acceptors (Lipinski definition) is 3. The van der Waals surface area contributed by atoms with Crippen molar-refractivity contribution in [1.82, 2.24) is 20.2 Å². The first kappa shape index (κ1) is 11.7. The Balaban J connectivity index is 1.99. The number of aromatic nitrogens is 4. The van der Waals surface area contributed by atoms with Gasteiger partial charge in [-0.1, -0.05) is 29.8 Å². The van der Waals surface area contributed by atoms with Crippen molar-refractivity contribution in [3.8, 4) is 0 Å². The quantitative estimate of drug-likeness (QED) is 0.752. The molecule has 2 aromatic heterocycles. The van der Waals surface area contributed by atoms with E-state index in [1.165, 1.54) is 6.20 Å². The van der Waals surface area contributed by atoms with Crippen LogP contribution in [0, 0.1) is 0 Å². The second-order valence-electron chi connectivity index (χ2n) is 3.97. The molecule has 0 unspecified atom stereocenters. The molecule has 0 aliphatic heterocycles. The average molecular weight is 273 g/mol. The summed E-state index contributed by atoms with van der Waals surface area (Å²) in [5, 5.41) is 7.56. The molecule has 0 aliphatic rings. The minimum Gasteiger partial charge on any atom is -0.306 e. The molecule has 2 N–H and O–H groups in total. The SMILES string of the molecule is O=c1[nH]c(C=Cc2cccc(Cl)c2)nc2[nH]ncc12. The molecule has 2 heterocycles. The molecular formula is C13H9ClN4O. The first-order valence-corrected chi connectivity index (χ1v) is 5.97. The molecule has 0 saturated carbocycles. The predicted octanol–water partition coefficient (Wildman–Crippen LogP) is 2.47. The molecule has 0 bridgehead atoms. The van der Waals surface area contributed by atoms with E-state index in [-0.39, 0.29) is 5.56 Å². The van der Waals surface area contributed by atoms with Crippen LogP contribution in [0.2, 0.25) is 5.02 Å². The lowest BCUT2D eigenvalue weighted by Gasteiger charge is -1.95. The summed E-state index contributed by atoms with van der Waals surface area (Å²) in [6, 6.07) is 7.39. The van der Waals surface area contributed by atoms with Crippen molar-refractivity contribution in [3.63, 3.8) is 0 Å². The Hall–Kier alpha value is -2.40. The fraction of sp³-hybridized carbons (Fsp3) is 0. The number of nitrogens with zero attached hydrogens (tertiary/aromatic N) is 2. The maximum Gasteiger partial charge on any atom is 0.262 e. The van der Waals surface area contributed by atoms with Crippen LogP contribution in [0.5, 0.6) is 0 Å². The Morgan fingerprint density at radius 2 is 2.16 bits per heavy atom. The zero-order valence-corrected chi connectivity index (χ0v) is 10.5. The molecule has 0 atom stereocenters. The molecule has 1 aromatic carbocycles. The topological polar surface area (TPSA) is 74.4 Å². The first-order chi connectivity index (χ1) is 9.22. The summed E-state index contributed by atoms with van der Waals surface area (Å²) >= 11 is 5.89. The van der Waals surface area contributed by atoms with Crippen molar-refractivity contribution in [1.29, 1.82) is 0 Å². The van der Waals surface area contributed by atoms with Gasteiger partial charge in [-0.15, -0.1) is 0 Å². The van der Waals surface area contributed by atoms with Crippen LogP contribution >= 0.6 is 11.6 Å². The van der Waals surface area contributed by atoms with E-state index >= 15 is 0 Å². The maximum atomic E-state index is 11.7. The van der Waals surface area contributed by atoms with Gasteiger partial charge < -0.3 is 4.98 Å². The van der Waals surface area contributed by atoms with Crippen molar-refractivity contribution in [3.05, 3.63) is 57.2 Å². The minimum atomic E-state index is -0.218. The molecule has 0 radical (unpaired) electrons. The Kier molecular flexibility index (Phi) is 2.89. The smallest absolute Gasteiger partial charge is 0.262 e. The van der Waals surface area contributed by atoms with Crippen LogP contribution in [0.3, 0.4) is 0 Å². The van der Waals surface area contributed by atoms with Crippen LogP contribution in [0.4, 0.5) is 0 Å². The molecule has 5 nitrogen and oxygen atoms in total. The van der Waals surface area contributed by atoms with E-state index in [9.17, 15) is 4.79 Å². The van der Waals surface area contributed by atoms with Gasteiger partial charge in [0.05, 0.1) is 6.20 Å². The first-order valence-electron chi connectivity index (χ1n) is 5.59. The monoisotopic (exact) mass is 272 g/mol. The highest BCUT2D eigenvalue weighted by atomic mass is 35.5. The summed E-state index contributed by atoms with van der Waals surface area (Å²) in [6.07, 6.45) is 4.99. The van der Waals surface area contributed by atoms with Gasteiger partial charge in [0, 0.05) is 5.02 Å². The molecule has 0 spiro atoms. The molecule has 0 fully saturated rings. The van der Waals surface area contributed by atoms with E-state index < -0.39 is 0 Å². The molecule has 3 aromatic rings. The number of H-pyrrole nitrogens is 2. The van der Waals surface area contributed by atoms with Gasteiger partial charge >= 0.3 is 0 Å². The van der Waals surface area contributed by atoms with Crippen LogP contribution in [0.1, 0.15) is 11.4 Å². The van der Waals surface area contributed by atoms with Crippen LogP contribution in [0.25, 0.3) is 23.2 Å². The van der Waals surface area contributed by atoms with Gasteiger partial charge in [0.2, 0.25) is 0 Å². The Bertz CT molecular complexity index is 819. The van der Waals surface area contributed by atoms with E-state index in [0.717, 1.165) is 5.56 Å². The van der Waals surface area contributed by atoms with Gasteiger partial charge in [-0.25, -0.2) is 4.98 Å². The van der Waals surface area contributed by atoms with Gasteiger partial charge in [0.15, 0.2) is 5.65 Å². The molecular weight excluding hydrogens is 264 g/mol. The van der Waals surface area contributed by atoms with E-state index in [2.05, 4.69) is 20.2 Å². The number of halogens is 1. The normalized spacial score (nSPS) is 11.4. The van der Waals surface area contributed by atoms with Crippen molar-refractivity contribution >= 4 is 34.8 Å². The Morgan fingerprint density at radius 3 is 3.00 bits per heavy atom. The van der Waals surface area contributed by atoms with Crippen molar-refractivity contribution in [2.24, 2.45) is 0 Å². The third-order valence-electron chi connectivity index (χ3n) is 2.62. The fourth-order valence-electron chi connectivity index (χ4n) is 1.73. The van der Waals surface area contributed by atoms with E-state index in [0.29, 0.717) is 21.9 Å². The summed E-state index contributed by atoms with van der Waals surface area (Å²) in [5.41, 5.74) is 1.18. The zero-order chi connectivity index (χ0) is 13.2.